The number of anilines is 1. The first-order valence-corrected chi connectivity index (χ1v) is 10.2. The molecule has 0 radical (unpaired) electrons. The minimum absolute atomic E-state index is 0.0129. The van der Waals surface area contributed by atoms with Crippen LogP contribution in [0.1, 0.15) is 24.2 Å². The minimum atomic E-state index is -3.34. The number of sulfonamides is 1. The Hall–Kier alpha value is -2.74. The van der Waals surface area contributed by atoms with Crippen molar-refractivity contribution < 1.29 is 22.7 Å². The fourth-order valence-electron chi connectivity index (χ4n) is 2.18. The van der Waals surface area contributed by atoms with Gasteiger partial charge in [0.1, 0.15) is 18.1 Å². The van der Waals surface area contributed by atoms with Crippen molar-refractivity contribution in [2.75, 3.05) is 24.2 Å². The molecule has 2 aromatic carbocycles. The van der Waals surface area contributed by atoms with Crippen LogP contribution >= 0.6 is 0 Å². The van der Waals surface area contributed by atoms with Crippen LogP contribution in [0.15, 0.2) is 48.5 Å². The normalized spacial score (nSPS) is 12.1. The molecular weight excluding hydrogens is 368 g/mol. The highest BCUT2D eigenvalue weighted by atomic mass is 32.2. The minimum Gasteiger partial charge on any atom is -0.497 e. The quantitative estimate of drug-likeness (QED) is 0.684. The number of benzene rings is 2. The van der Waals surface area contributed by atoms with Crippen LogP contribution in [0.2, 0.25) is 0 Å². The number of hydrogen-bond acceptors (Lipinski definition) is 5. The van der Waals surface area contributed by atoms with Gasteiger partial charge in [0.05, 0.1) is 18.9 Å². The Labute approximate surface area is 159 Å². The summed E-state index contributed by atoms with van der Waals surface area (Å²) in [7, 11) is -1.74. The zero-order chi connectivity index (χ0) is 19.9. The molecule has 8 heteroatoms. The predicted octanol–water partition coefficient (Wildman–Crippen LogP) is 2.65. The molecule has 0 aromatic heterocycles. The van der Waals surface area contributed by atoms with E-state index in [9.17, 15) is 13.2 Å². The Morgan fingerprint density at radius 3 is 2.19 bits per heavy atom. The third kappa shape index (κ3) is 6.49. The van der Waals surface area contributed by atoms with Gasteiger partial charge in [-0.25, -0.2) is 8.42 Å². The molecule has 1 atom stereocenters. The van der Waals surface area contributed by atoms with E-state index < -0.39 is 10.0 Å². The Balaban J connectivity index is 1.86. The zero-order valence-corrected chi connectivity index (χ0v) is 16.4. The maximum atomic E-state index is 12.3. The highest BCUT2D eigenvalue weighted by Crippen LogP contribution is 2.17. The number of rotatable bonds is 9. The van der Waals surface area contributed by atoms with Crippen LogP contribution in [0, 0.1) is 0 Å². The molecule has 2 N–H and O–H groups in total. The van der Waals surface area contributed by atoms with Gasteiger partial charge < -0.3 is 14.8 Å². The van der Waals surface area contributed by atoms with Crippen LogP contribution < -0.4 is 19.5 Å². The van der Waals surface area contributed by atoms with Gasteiger partial charge in [-0.05, 0) is 62.4 Å². The molecule has 0 bridgehead atoms. The summed E-state index contributed by atoms with van der Waals surface area (Å²) in [4.78, 5) is 12.3. The molecule has 0 heterocycles. The molecule has 7 nitrogen and oxygen atoms in total. The van der Waals surface area contributed by atoms with Crippen molar-refractivity contribution >= 4 is 21.6 Å². The summed E-state index contributed by atoms with van der Waals surface area (Å²) in [5, 5.41) is 2.84. The van der Waals surface area contributed by atoms with E-state index >= 15 is 0 Å². The van der Waals surface area contributed by atoms with Crippen molar-refractivity contribution in [2.45, 2.75) is 19.9 Å². The van der Waals surface area contributed by atoms with Crippen molar-refractivity contribution in [1.29, 1.82) is 0 Å². The van der Waals surface area contributed by atoms with Crippen LogP contribution in [0.25, 0.3) is 0 Å². The molecule has 1 amide bonds. The van der Waals surface area contributed by atoms with Gasteiger partial charge in [0.2, 0.25) is 10.0 Å². The number of hydrogen-bond donors (Lipinski definition) is 2. The van der Waals surface area contributed by atoms with Gasteiger partial charge in [-0.15, -0.1) is 0 Å². The van der Waals surface area contributed by atoms with Crippen LogP contribution in [-0.2, 0) is 10.0 Å². The van der Waals surface area contributed by atoms with E-state index in [1.807, 2.05) is 6.92 Å². The van der Waals surface area contributed by atoms with Crippen LogP contribution in [-0.4, -0.2) is 39.8 Å². The summed E-state index contributed by atoms with van der Waals surface area (Å²) in [6, 6.07) is 13.2. The van der Waals surface area contributed by atoms with Gasteiger partial charge in [0.15, 0.2) is 0 Å². The molecule has 0 saturated carbocycles. The summed E-state index contributed by atoms with van der Waals surface area (Å²) in [6.45, 7) is 3.71. The first-order chi connectivity index (χ1) is 12.8. The van der Waals surface area contributed by atoms with E-state index in [0.717, 1.165) is 5.75 Å². The first kappa shape index (κ1) is 20.6. The Bertz CT molecular complexity index is 849. The maximum Gasteiger partial charge on any atom is 0.251 e. The van der Waals surface area contributed by atoms with Crippen molar-refractivity contribution in [1.82, 2.24) is 5.32 Å². The SMILES string of the molecule is CCS(=O)(=O)Nc1ccc(C(=O)N[C@@H](C)COc2ccc(OC)cc2)cc1. The van der Waals surface area contributed by atoms with Crippen LogP contribution in [0.3, 0.4) is 0 Å². The lowest BCUT2D eigenvalue weighted by Gasteiger charge is -2.15. The van der Waals surface area contributed by atoms with E-state index in [0.29, 0.717) is 23.6 Å². The van der Waals surface area contributed by atoms with E-state index in [1.165, 1.54) is 0 Å². The zero-order valence-electron chi connectivity index (χ0n) is 15.6. The lowest BCUT2D eigenvalue weighted by Crippen LogP contribution is -2.36. The van der Waals surface area contributed by atoms with Crippen LogP contribution in [0.5, 0.6) is 11.5 Å². The molecule has 146 valence electrons. The third-order valence-electron chi connectivity index (χ3n) is 3.74. The summed E-state index contributed by atoms with van der Waals surface area (Å²) in [5.41, 5.74) is 0.857. The van der Waals surface area contributed by atoms with Crippen molar-refractivity contribution in [3.8, 4) is 11.5 Å². The number of methoxy groups -OCH3 is 1. The highest BCUT2D eigenvalue weighted by Gasteiger charge is 2.12. The Morgan fingerprint density at radius 2 is 1.63 bits per heavy atom. The number of ether oxygens (including phenoxy) is 2. The van der Waals surface area contributed by atoms with E-state index in [4.69, 9.17) is 9.47 Å². The summed E-state index contributed by atoms with van der Waals surface area (Å²) >= 11 is 0. The smallest absolute Gasteiger partial charge is 0.251 e. The van der Waals surface area contributed by atoms with Gasteiger partial charge in [-0.1, -0.05) is 0 Å². The van der Waals surface area contributed by atoms with Crippen molar-refractivity contribution in [3.63, 3.8) is 0 Å². The van der Waals surface area contributed by atoms with E-state index in [-0.39, 0.29) is 17.7 Å². The molecule has 2 aromatic rings. The van der Waals surface area contributed by atoms with Gasteiger partial charge in [0, 0.05) is 11.3 Å². The second kappa shape index (κ2) is 9.27. The van der Waals surface area contributed by atoms with Gasteiger partial charge in [-0.3, -0.25) is 9.52 Å². The predicted molar refractivity (Wildman–Crippen MR) is 105 cm³/mol. The molecule has 0 aliphatic carbocycles. The Morgan fingerprint density at radius 1 is 1.04 bits per heavy atom. The second-order valence-electron chi connectivity index (χ2n) is 5.94. The Kier molecular flexibility index (Phi) is 7.06. The molecular formula is C19H24N2O5S. The molecule has 2 rings (SSSR count). The molecule has 0 aliphatic rings. The highest BCUT2D eigenvalue weighted by molar-refractivity contribution is 7.92. The summed E-state index contributed by atoms with van der Waals surface area (Å²) < 4.78 is 36.3. The van der Waals surface area contributed by atoms with Crippen molar-refractivity contribution in [3.05, 3.63) is 54.1 Å². The lowest BCUT2D eigenvalue weighted by atomic mass is 10.2. The lowest BCUT2D eigenvalue weighted by molar-refractivity contribution is 0.0926. The number of carbonyl (C=O) groups excluding carboxylic acids is 1. The topological polar surface area (TPSA) is 93.7 Å². The average Bonchev–Trinajstić information content (AvgIpc) is 2.67. The molecule has 0 fully saturated rings. The molecule has 0 saturated heterocycles. The van der Waals surface area contributed by atoms with Gasteiger partial charge in [-0.2, -0.15) is 0 Å². The second-order valence-corrected chi connectivity index (χ2v) is 7.95. The summed E-state index contributed by atoms with van der Waals surface area (Å²) in [5.74, 6) is 1.16. The first-order valence-electron chi connectivity index (χ1n) is 8.51. The number of nitrogens with one attached hydrogen (secondary N) is 2. The van der Waals surface area contributed by atoms with Crippen LogP contribution in [0.4, 0.5) is 5.69 Å². The third-order valence-corrected chi connectivity index (χ3v) is 5.04. The standard InChI is InChI=1S/C19H24N2O5S/c1-4-27(23,24)21-16-7-5-15(6-8-16)19(22)20-14(2)13-26-18-11-9-17(25-3)10-12-18/h5-12,14,21H,4,13H2,1-3H3,(H,20,22)/t14-/m0/s1. The molecule has 0 unspecified atom stereocenters. The number of carbonyl (C=O) groups is 1. The summed E-state index contributed by atoms with van der Waals surface area (Å²) in [6.07, 6.45) is 0. The molecule has 0 spiro atoms. The van der Waals surface area contributed by atoms with Gasteiger partial charge >= 0.3 is 0 Å². The fourth-order valence-corrected chi connectivity index (χ4v) is 2.82. The van der Waals surface area contributed by atoms with E-state index in [1.54, 1.807) is 62.6 Å². The average molecular weight is 392 g/mol. The number of amides is 1. The van der Waals surface area contributed by atoms with Gasteiger partial charge in [0.25, 0.3) is 5.91 Å². The monoisotopic (exact) mass is 392 g/mol. The maximum absolute atomic E-state index is 12.3. The fraction of sp³-hybridized carbons (Fsp3) is 0.316. The molecule has 0 aliphatic heterocycles. The van der Waals surface area contributed by atoms with E-state index in [2.05, 4.69) is 10.0 Å². The van der Waals surface area contributed by atoms with Crippen molar-refractivity contribution in [2.24, 2.45) is 0 Å². The largest absolute Gasteiger partial charge is 0.497 e. The molecule has 27 heavy (non-hydrogen) atoms.